The van der Waals surface area contributed by atoms with E-state index in [-0.39, 0.29) is 11.6 Å². The van der Waals surface area contributed by atoms with E-state index in [0.717, 1.165) is 59.7 Å². The zero-order valence-electron chi connectivity index (χ0n) is 17.2. The summed E-state index contributed by atoms with van der Waals surface area (Å²) < 4.78 is 7.18. The smallest absolute Gasteiger partial charge is 0.251 e. The van der Waals surface area contributed by atoms with Crippen molar-refractivity contribution in [3.05, 3.63) is 82.0 Å². The van der Waals surface area contributed by atoms with Crippen molar-refractivity contribution < 1.29 is 4.74 Å². The number of H-pyrrole nitrogens is 1. The Morgan fingerprint density at radius 2 is 2.00 bits per heavy atom. The highest BCUT2D eigenvalue weighted by atomic mass is 35.5. The quantitative estimate of drug-likeness (QED) is 0.514. The fourth-order valence-corrected chi connectivity index (χ4v) is 4.33. The van der Waals surface area contributed by atoms with Crippen LogP contribution in [0.3, 0.4) is 0 Å². The molecule has 1 atom stereocenters. The van der Waals surface area contributed by atoms with Gasteiger partial charge in [-0.25, -0.2) is 4.98 Å². The zero-order valence-corrected chi connectivity index (χ0v) is 18.0. The molecule has 0 spiro atoms. The summed E-state index contributed by atoms with van der Waals surface area (Å²) in [6.45, 7) is 5.15. The number of fused-ring (bicyclic) bond motifs is 1. The number of nitrogens with zero attached hydrogens (tertiary/aromatic N) is 3. The van der Waals surface area contributed by atoms with Crippen LogP contribution in [0.5, 0.6) is 0 Å². The SMILES string of the molecule is CC(c1cccc(Cl)c1)n1ccc(-c2c[nH]c3ncc(N4CCOCC4)cc23)cc1=O. The number of rotatable bonds is 4. The van der Waals surface area contributed by atoms with Crippen LogP contribution in [0, 0.1) is 0 Å². The fourth-order valence-electron chi connectivity index (χ4n) is 4.13. The Balaban J connectivity index is 1.50. The molecule has 0 saturated carbocycles. The van der Waals surface area contributed by atoms with Gasteiger partial charge < -0.3 is 19.2 Å². The number of pyridine rings is 2. The van der Waals surface area contributed by atoms with E-state index < -0.39 is 0 Å². The van der Waals surface area contributed by atoms with Crippen molar-refractivity contribution in [1.29, 1.82) is 0 Å². The Labute approximate surface area is 185 Å². The number of anilines is 1. The van der Waals surface area contributed by atoms with Gasteiger partial charge in [0.25, 0.3) is 5.56 Å². The summed E-state index contributed by atoms with van der Waals surface area (Å²) >= 11 is 6.13. The van der Waals surface area contributed by atoms with Crippen molar-refractivity contribution in [1.82, 2.24) is 14.5 Å². The van der Waals surface area contributed by atoms with Gasteiger partial charge in [0.1, 0.15) is 5.65 Å². The number of halogens is 1. The van der Waals surface area contributed by atoms with Crippen molar-refractivity contribution in [2.45, 2.75) is 13.0 Å². The molecule has 1 saturated heterocycles. The maximum absolute atomic E-state index is 13.0. The highest BCUT2D eigenvalue weighted by Crippen LogP contribution is 2.30. The van der Waals surface area contributed by atoms with Gasteiger partial charge in [-0.15, -0.1) is 0 Å². The topological polar surface area (TPSA) is 63.1 Å². The number of benzene rings is 1. The predicted octanol–water partition coefficient (Wildman–Crippen LogP) is 4.49. The van der Waals surface area contributed by atoms with Gasteiger partial charge in [0.15, 0.2) is 0 Å². The van der Waals surface area contributed by atoms with E-state index in [1.54, 1.807) is 10.6 Å². The first-order chi connectivity index (χ1) is 15.1. The van der Waals surface area contributed by atoms with Crippen LogP contribution in [0.2, 0.25) is 5.02 Å². The minimum atomic E-state index is -0.113. The Bertz CT molecular complexity index is 1290. The Hall–Kier alpha value is -3.09. The van der Waals surface area contributed by atoms with Gasteiger partial charge >= 0.3 is 0 Å². The summed E-state index contributed by atoms with van der Waals surface area (Å²) in [5.74, 6) is 0. The molecule has 0 aliphatic carbocycles. The number of aromatic amines is 1. The Kier molecular flexibility index (Phi) is 5.26. The molecule has 7 heteroatoms. The first kappa shape index (κ1) is 19.8. The highest BCUT2D eigenvalue weighted by molar-refractivity contribution is 6.30. The lowest BCUT2D eigenvalue weighted by atomic mass is 10.1. The third-order valence-corrected chi connectivity index (χ3v) is 6.14. The first-order valence-electron chi connectivity index (χ1n) is 10.4. The molecule has 0 bridgehead atoms. The van der Waals surface area contributed by atoms with E-state index in [9.17, 15) is 4.79 Å². The second kappa shape index (κ2) is 8.21. The van der Waals surface area contributed by atoms with Crippen LogP contribution in [0.1, 0.15) is 18.5 Å². The van der Waals surface area contributed by atoms with Gasteiger partial charge in [0.2, 0.25) is 0 Å². The van der Waals surface area contributed by atoms with Crippen LogP contribution in [0.4, 0.5) is 5.69 Å². The summed E-state index contributed by atoms with van der Waals surface area (Å²) in [6, 6.07) is 13.3. The summed E-state index contributed by atoms with van der Waals surface area (Å²) in [6.07, 6.45) is 5.65. The van der Waals surface area contributed by atoms with E-state index in [1.807, 2.05) is 55.8 Å². The van der Waals surface area contributed by atoms with Crippen LogP contribution in [0.15, 0.2) is 65.8 Å². The minimum Gasteiger partial charge on any atom is -0.378 e. The molecule has 4 heterocycles. The summed E-state index contributed by atoms with van der Waals surface area (Å²) in [5.41, 5.74) is 4.65. The molecule has 31 heavy (non-hydrogen) atoms. The molecule has 1 aromatic carbocycles. The van der Waals surface area contributed by atoms with Crippen LogP contribution in [-0.4, -0.2) is 40.8 Å². The molecule has 1 fully saturated rings. The second-order valence-electron chi connectivity index (χ2n) is 7.78. The lowest BCUT2D eigenvalue weighted by Gasteiger charge is -2.28. The zero-order chi connectivity index (χ0) is 21.4. The van der Waals surface area contributed by atoms with Crippen LogP contribution < -0.4 is 10.5 Å². The maximum Gasteiger partial charge on any atom is 0.251 e. The number of aromatic nitrogens is 3. The van der Waals surface area contributed by atoms with Crippen molar-refractivity contribution in [3.63, 3.8) is 0 Å². The number of ether oxygens (including phenoxy) is 1. The van der Waals surface area contributed by atoms with E-state index in [4.69, 9.17) is 16.3 Å². The molecule has 4 aromatic rings. The minimum absolute atomic E-state index is 0.0587. The average Bonchev–Trinajstić information content (AvgIpc) is 3.22. The monoisotopic (exact) mass is 434 g/mol. The normalized spacial score (nSPS) is 15.4. The molecule has 1 unspecified atom stereocenters. The van der Waals surface area contributed by atoms with E-state index in [0.29, 0.717) is 5.02 Å². The van der Waals surface area contributed by atoms with E-state index >= 15 is 0 Å². The third kappa shape index (κ3) is 3.84. The number of nitrogens with one attached hydrogen (secondary N) is 1. The molecule has 5 rings (SSSR count). The highest BCUT2D eigenvalue weighted by Gasteiger charge is 2.16. The molecular formula is C24H23ClN4O2. The lowest BCUT2D eigenvalue weighted by molar-refractivity contribution is 0.122. The van der Waals surface area contributed by atoms with E-state index in [1.165, 1.54) is 0 Å². The summed E-state index contributed by atoms with van der Waals surface area (Å²) in [7, 11) is 0. The predicted molar refractivity (Wildman–Crippen MR) is 124 cm³/mol. The molecule has 0 amide bonds. The third-order valence-electron chi connectivity index (χ3n) is 5.90. The molecular weight excluding hydrogens is 412 g/mol. The van der Waals surface area contributed by atoms with E-state index in [2.05, 4.69) is 20.9 Å². The Morgan fingerprint density at radius 3 is 2.77 bits per heavy atom. The van der Waals surface area contributed by atoms with Gasteiger partial charge in [-0.2, -0.15) is 0 Å². The van der Waals surface area contributed by atoms with Gasteiger partial charge in [-0.3, -0.25) is 4.79 Å². The van der Waals surface area contributed by atoms with Gasteiger partial charge in [-0.1, -0.05) is 23.7 Å². The average molecular weight is 435 g/mol. The number of hydrogen-bond donors (Lipinski definition) is 1. The van der Waals surface area contributed by atoms with Crippen molar-refractivity contribution in [2.24, 2.45) is 0 Å². The maximum atomic E-state index is 13.0. The van der Waals surface area contributed by atoms with Crippen LogP contribution >= 0.6 is 11.6 Å². The van der Waals surface area contributed by atoms with Crippen molar-refractivity contribution in [2.75, 3.05) is 31.2 Å². The van der Waals surface area contributed by atoms with Crippen LogP contribution in [-0.2, 0) is 4.74 Å². The molecule has 1 aliphatic rings. The van der Waals surface area contributed by atoms with Crippen molar-refractivity contribution in [3.8, 4) is 11.1 Å². The largest absolute Gasteiger partial charge is 0.378 e. The standard InChI is InChI=1S/C24H23ClN4O2/c1-16(17-3-2-4-19(25)11-17)29-6-5-18(12-23(29)30)22-15-27-24-21(22)13-20(14-26-24)28-7-9-31-10-8-28/h2-6,11-16H,7-10H2,1H3,(H,26,27). The first-order valence-corrected chi connectivity index (χ1v) is 10.8. The lowest BCUT2D eigenvalue weighted by Crippen LogP contribution is -2.36. The molecule has 6 nitrogen and oxygen atoms in total. The van der Waals surface area contributed by atoms with Gasteiger partial charge in [-0.05, 0) is 42.3 Å². The summed E-state index contributed by atoms with van der Waals surface area (Å²) in [5, 5.41) is 1.67. The number of hydrogen-bond acceptors (Lipinski definition) is 4. The van der Waals surface area contributed by atoms with Crippen molar-refractivity contribution >= 4 is 28.3 Å². The molecule has 3 aromatic heterocycles. The summed E-state index contributed by atoms with van der Waals surface area (Å²) in [4.78, 5) is 23.1. The number of morpholine rings is 1. The Morgan fingerprint density at radius 1 is 1.16 bits per heavy atom. The molecule has 0 radical (unpaired) electrons. The van der Waals surface area contributed by atoms with Crippen LogP contribution in [0.25, 0.3) is 22.2 Å². The van der Waals surface area contributed by atoms with Gasteiger partial charge in [0, 0.05) is 47.5 Å². The van der Waals surface area contributed by atoms with Gasteiger partial charge in [0.05, 0.1) is 31.1 Å². The molecule has 1 N–H and O–H groups in total. The second-order valence-corrected chi connectivity index (χ2v) is 8.22. The molecule has 158 valence electrons. The molecule has 1 aliphatic heterocycles. The fraction of sp³-hybridized carbons (Fsp3) is 0.250.